The summed E-state index contributed by atoms with van der Waals surface area (Å²) < 4.78 is 5.74. The minimum absolute atomic E-state index is 0.0449. The molecular formula is C11H10BrN3O2. The van der Waals surface area contributed by atoms with E-state index >= 15 is 0 Å². The van der Waals surface area contributed by atoms with E-state index < -0.39 is 0 Å². The average molecular weight is 296 g/mol. The molecule has 2 aromatic rings. The molecule has 0 N–H and O–H groups in total. The second-order valence-corrected chi connectivity index (χ2v) is 4.26. The first kappa shape index (κ1) is 11.9. The van der Waals surface area contributed by atoms with Gasteiger partial charge in [0.25, 0.3) is 0 Å². The van der Waals surface area contributed by atoms with Crippen LogP contribution in [0.1, 0.15) is 12.7 Å². The smallest absolute Gasteiger partial charge is 0.313 e. The monoisotopic (exact) mass is 295 g/mol. The Labute approximate surface area is 106 Å². The summed E-state index contributed by atoms with van der Waals surface area (Å²) >= 11 is 3.35. The van der Waals surface area contributed by atoms with Gasteiger partial charge in [-0.25, -0.2) is 4.98 Å². The zero-order valence-corrected chi connectivity index (χ0v) is 10.8. The van der Waals surface area contributed by atoms with Crippen molar-refractivity contribution in [2.45, 2.75) is 13.3 Å². The molecule has 0 fully saturated rings. The molecule has 0 spiro atoms. The molecule has 6 heteroatoms. The molecular weight excluding hydrogens is 286 g/mol. The van der Waals surface area contributed by atoms with Crippen LogP contribution in [-0.2, 0) is 16.0 Å². The molecule has 0 atom stereocenters. The maximum atomic E-state index is 11.3. The summed E-state index contributed by atoms with van der Waals surface area (Å²) in [4.78, 5) is 15.5. The van der Waals surface area contributed by atoms with E-state index in [2.05, 4.69) is 31.1 Å². The molecule has 17 heavy (non-hydrogen) atoms. The summed E-state index contributed by atoms with van der Waals surface area (Å²) in [6.07, 6.45) is 0.0449. The number of fused-ring (bicyclic) bond motifs is 1. The fraction of sp³-hybridized carbons (Fsp3) is 0.273. The first-order valence-corrected chi connectivity index (χ1v) is 5.93. The first-order valence-electron chi connectivity index (χ1n) is 5.13. The van der Waals surface area contributed by atoms with Gasteiger partial charge in [0.05, 0.1) is 12.1 Å². The van der Waals surface area contributed by atoms with Crippen LogP contribution in [0.2, 0.25) is 0 Å². The summed E-state index contributed by atoms with van der Waals surface area (Å²) in [5.74, 6) is 0.0256. The molecule has 5 nitrogen and oxygen atoms in total. The van der Waals surface area contributed by atoms with E-state index in [-0.39, 0.29) is 12.4 Å². The van der Waals surface area contributed by atoms with Gasteiger partial charge in [-0.3, -0.25) is 4.79 Å². The van der Waals surface area contributed by atoms with Crippen LogP contribution in [0.15, 0.2) is 22.7 Å². The predicted octanol–water partition coefficient (Wildman–Crippen LogP) is 1.89. The summed E-state index contributed by atoms with van der Waals surface area (Å²) in [6, 6.07) is 5.51. The van der Waals surface area contributed by atoms with E-state index in [0.29, 0.717) is 23.5 Å². The number of hydrogen-bond acceptors (Lipinski definition) is 5. The Hall–Kier alpha value is -1.56. The molecule has 0 saturated carbocycles. The fourth-order valence-electron chi connectivity index (χ4n) is 1.36. The Morgan fingerprint density at radius 3 is 2.94 bits per heavy atom. The molecule has 0 amide bonds. The largest absolute Gasteiger partial charge is 0.466 e. The topological polar surface area (TPSA) is 65.0 Å². The SMILES string of the molecule is CCOC(=O)Cc1nnc2ccc(Br)cc2n1. The maximum Gasteiger partial charge on any atom is 0.313 e. The Morgan fingerprint density at radius 2 is 2.18 bits per heavy atom. The molecule has 0 aliphatic heterocycles. The third-order valence-electron chi connectivity index (χ3n) is 2.07. The Kier molecular flexibility index (Phi) is 3.63. The Balaban J connectivity index is 2.27. The number of carbonyl (C=O) groups excluding carboxylic acids is 1. The molecule has 2 rings (SSSR count). The summed E-state index contributed by atoms with van der Waals surface area (Å²) in [5.41, 5.74) is 1.40. The van der Waals surface area contributed by atoms with Gasteiger partial charge < -0.3 is 4.74 Å². The van der Waals surface area contributed by atoms with E-state index in [1.54, 1.807) is 6.92 Å². The van der Waals surface area contributed by atoms with E-state index in [1.165, 1.54) is 0 Å². The van der Waals surface area contributed by atoms with Crippen LogP contribution < -0.4 is 0 Å². The average Bonchev–Trinajstić information content (AvgIpc) is 2.28. The minimum Gasteiger partial charge on any atom is -0.466 e. The van der Waals surface area contributed by atoms with E-state index in [0.717, 1.165) is 4.47 Å². The molecule has 0 saturated heterocycles. The van der Waals surface area contributed by atoms with Gasteiger partial charge in [-0.05, 0) is 25.1 Å². The van der Waals surface area contributed by atoms with Crippen molar-refractivity contribution in [1.82, 2.24) is 15.2 Å². The van der Waals surface area contributed by atoms with Crippen molar-refractivity contribution in [1.29, 1.82) is 0 Å². The molecule has 0 unspecified atom stereocenters. The number of rotatable bonds is 3. The molecule has 0 aliphatic carbocycles. The van der Waals surface area contributed by atoms with Gasteiger partial charge in [0.1, 0.15) is 11.9 Å². The second kappa shape index (κ2) is 5.18. The molecule has 1 heterocycles. The highest BCUT2D eigenvalue weighted by molar-refractivity contribution is 9.10. The lowest BCUT2D eigenvalue weighted by atomic mass is 10.3. The lowest BCUT2D eigenvalue weighted by Crippen LogP contribution is -2.11. The summed E-state index contributed by atoms with van der Waals surface area (Å²) in [6.45, 7) is 2.11. The molecule has 88 valence electrons. The summed E-state index contributed by atoms with van der Waals surface area (Å²) in [7, 11) is 0. The zero-order chi connectivity index (χ0) is 12.3. The van der Waals surface area contributed by atoms with Crippen molar-refractivity contribution in [3.63, 3.8) is 0 Å². The molecule has 1 aromatic carbocycles. The van der Waals surface area contributed by atoms with Crippen LogP contribution in [0.3, 0.4) is 0 Å². The van der Waals surface area contributed by atoms with Crippen LogP contribution in [0.25, 0.3) is 11.0 Å². The number of hydrogen-bond donors (Lipinski definition) is 0. The number of aromatic nitrogens is 3. The number of nitrogens with zero attached hydrogens (tertiary/aromatic N) is 3. The highest BCUT2D eigenvalue weighted by Crippen LogP contribution is 2.15. The lowest BCUT2D eigenvalue weighted by Gasteiger charge is -2.01. The maximum absolute atomic E-state index is 11.3. The molecule has 0 aliphatic rings. The highest BCUT2D eigenvalue weighted by atomic mass is 79.9. The van der Waals surface area contributed by atoms with Crippen molar-refractivity contribution in [3.05, 3.63) is 28.5 Å². The van der Waals surface area contributed by atoms with E-state index in [9.17, 15) is 4.79 Å². The van der Waals surface area contributed by atoms with Crippen molar-refractivity contribution >= 4 is 32.9 Å². The van der Waals surface area contributed by atoms with Gasteiger partial charge in [-0.15, -0.1) is 10.2 Å². The number of halogens is 1. The second-order valence-electron chi connectivity index (χ2n) is 3.34. The lowest BCUT2D eigenvalue weighted by molar-refractivity contribution is -0.142. The Morgan fingerprint density at radius 1 is 1.35 bits per heavy atom. The third kappa shape index (κ3) is 2.97. The van der Waals surface area contributed by atoms with Crippen LogP contribution in [0.5, 0.6) is 0 Å². The quantitative estimate of drug-likeness (QED) is 0.809. The number of carbonyl (C=O) groups is 1. The highest BCUT2D eigenvalue weighted by Gasteiger charge is 2.08. The molecule has 1 aromatic heterocycles. The number of benzene rings is 1. The zero-order valence-electron chi connectivity index (χ0n) is 9.18. The van der Waals surface area contributed by atoms with E-state index in [1.807, 2.05) is 18.2 Å². The molecule has 0 bridgehead atoms. The minimum atomic E-state index is -0.344. The molecule has 0 radical (unpaired) electrons. The first-order chi connectivity index (χ1) is 8.19. The van der Waals surface area contributed by atoms with Crippen molar-refractivity contribution in [2.75, 3.05) is 6.61 Å². The van der Waals surface area contributed by atoms with Gasteiger partial charge in [-0.2, -0.15) is 0 Å². The normalized spacial score (nSPS) is 10.5. The van der Waals surface area contributed by atoms with Crippen molar-refractivity contribution in [3.8, 4) is 0 Å². The van der Waals surface area contributed by atoms with Crippen LogP contribution in [0, 0.1) is 0 Å². The standard InChI is InChI=1S/C11H10BrN3O2/c1-2-17-11(16)6-10-13-9-5-7(12)3-4-8(9)14-15-10/h3-5H,2,6H2,1H3. The van der Waals surface area contributed by atoms with Crippen molar-refractivity contribution in [2.24, 2.45) is 0 Å². The number of ether oxygens (including phenoxy) is 1. The summed E-state index contributed by atoms with van der Waals surface area (Å²) in [5, 5.41) is 7.88. The van der Waals surface area contributed by atoms with Gasteiger partial charge in [0, 0.05) is 4.47 Å². The third-order valence-corrected chi connectivity index (χ3v) is 2.56. The Bertz CT molecular complexity index is 559. The van der Waals surface area contributed by atoms with Crippen LogP contribution in [0.4, 0.5) is 0 Å². The van der Waals surface area contributed by atoms with Gasteiger partial charge in [0.2, 0.25) is 0 Å². The van der Waals surface area contributed by atoms with Gasteiger partial charge >= 0.3 is 5.97 Å². The number of esters is 1. The van der Waals surface area contributed by atoms with Gasteiger partial charge in [0.15, 0.2) is 5.82 Å². The van der Waals surface area contributed by atoms with Crippen LogP contribution >= 0.6 is 15.9 Å². The van der Waals surface area contributed by atoms with E-state index in [4.69, 9.17) is 4.74 Å². The van der Waals surface area contributed by atoms with Gasteiger partial charge in [-0.1, -0.05) is 15.9 Å². The fourth-order valence-corrected chi connectivity index (χ4v) is 1.71. The predicted molar refractivity (Wildman–Crippen MR) is 65.4 cm³/mol. The van der Waals surface area contributed by atoms with Crippen LogP contribution in [-0.4, -0.2) is 27.8 Å². The van der Waals surface area contributed by atoms with Crippen molar-refractivity contribution < 1.29 is 9.53 Å².